The van der Waals surface area contributed by atoms with Gasteiger partial charge in [-0.3, -0.25) is 0 Å². The summed E-state index contributed by atoms with van der Waals surface area (Å²) >= 11 is 0. The summed E-state index contributed by atoms with van der Waals surface area (Å²) in [4.78, 5) is 0. The fourth-order valence-corrected chi connectivity index (χ4v) is 2.49. The second kappa shape index (κ2) is 3.74. The lowest BCUT2D eigenvalue weighted by molar-refractivity contribution is 0.484. The second-order valence-corrected chi connectivity index (χ2v) is 4.21. The zero-order chi connectivity index (χ0) is 10.0. The first-order chi connectivity index (χ1) is 6.82. The van der Waals surface area contributed by atoms with Crippen molar-refractivity contribution in [2.24, 2.45) is 0 Å². The smallest absolute Gasteiger partial charge is 0.0254 e. The molecule has 1 nitrogen and oxygen atoms in total. The van der Waals surface area contributed by atoms with Crippen LogP contribution in [0.4, 0.5) is 0 Å². The predicted molar refractivity (Wildman–Crippen MR) is 60.5 cm³/mol. The molecule has 0 radical (unpaired) electrons. The Balaban J connectivity index is 2.10. The first-order valence-corrected chi connectivity index (χ1v) is 5.62. The minimum Gasteiger partial charge on any atom is -0.311 e. The van der Waals surface area contributed by atoms with Gasteiger partial charge in [-0.15, -0.1) is 0 Å². The number of nitrogens with one attached hydrogen (secondary N) is 1. The van der Waals surface area contributed by atoms with Crippen molar-refractivity contribution in [3.63, 3.8) is 0 Å². The Morgan fingerprint density at radius 3 is 2.57 bits per heavy atom. The van der Waals surface area contributed by atoms with Gasteiger partial charge in [0.25, 0.3) is 0 Å². The number of likely N-dealkylation sites (N-methyl/N-ethyl adjacent to an activating group) is 1. The molecule has 14 heavy (non-hydrogen) atoms. The Morgan fingerprint density at radius 2 is 2.00 bits per heavy atom. The van der Waals surface area contributed by atoms with E-state index < -0.39 is 0 Å². The van der Waals surface area contributed by atoms with Crippen molar-refractivity contribution in [3.8, 4) is 0 Å². The van der Waals surface area contributed by atoms with E-state index in [-0.39, 0.29) is 0 Å². The monoisotopic (exact) mass is 189 g/mol. The van der Waals surface area contributed by atoms with Crippen molar-refractivity contribution in [3.05, 3.63) is 35.9 Å². The summed E-state index contributed by atoms with van der Waals surface area (Å²) in [7, 11) is 0. The largest absolute Gasteiger partial charge is 0.311 e. The molecule has 0 heterocycles. The first-order valence-electron chi connectivity index (χ1n) is 5.62. The van der Waals surface area contributed by atoms with Crippen LogP contribution in [0, 0.1) is 0 Å². The van der Waals surface area contributed by atoms with Crippen molar-refractivity contribution in [1.82, 2.24) is 5.32 Å². The van der Waals surface area contributed by atoms with Gasteiger partial charge in [-0.1, -0.05) is 44.2 Å². The van der Waals surface area contributed by atoms with Crippen LogP contribution in [0.25, 0.3) is 0 Å². The zero-order valence-corrected chi connectivity index (χ0v) is 9.09. The summed E-state index contributed by atoms with van der Waals surface area (Å²) < 4.78 is 0. The molecule has 1 aliphatic rings. The molecule has 1 heteroatoms. The fourth-order valence-electron chi connectivity index (χ4n) is 2.49. The van der Waals surface area contributed by atoms with Crippen molar-refractivity contribution < 1.29 is 0 Å². The third kappa shape index (κ3) is 1.57. The van der Waals surface area contributed by atoms with Gasteiger partial charge in [0.1, 0.15) is 0 Å². The van der Waals surface area contributed by atoms with Crippen molar-refractivity contribution in [2.45, 2.75) is 38.1 Å². The molecule has 2 rings (SSSR count). The molecule has 76 valence electrons. The highest BCUT2D eigenvalue weighted by Crippen LogP contribution is 2.53. The number of hydrogen-bond acceptors (Lipinski definition) is 1. The summed E-state index contributed by atoms with van der Waals surface area (Å²) in [5, 5.41) is 3.63. The Hall–Kier alpha value is -0.820. The minimum atomic E-state index is 0.413. The van der Waals surface area contributed by atoms with Crippen LogP contribution < -0.4 is 5.32 Å². The van der Waals surface area contributed by atoms with Gasteiger partial charge in [0.15, 0.2) is 0 Å². The molecule has 1 aromatic rings. The van der Waals surface area contributed by atoms with Crippen LogP contribution >= 0.6 is 0 Å². The van der Waals surface area contributed by atoms with Gasteiger partial charge in [-0.05, 0) is 24.9 Å². The van der Waals surface area contributed by atoms with E-state index in [1.807, 2.05) is 0 Å². The fraction of sp³-hybridized carbons (Fsp3) is 0.538. The molecule has 1 saturated carbocycles. The van der Waals surface area contributed by atoms with Crippen molar-refractivity contribution in [2.75, 3.05) is 6.54 Å². The van der Waals surface area contributed by atoms with Gasteiger partial charge in [-0.2, -0.15) is 0 Å². The third-order valence-corrected chi connectivity index (χ3v) is 3.44. The van der Waals surface area contributed by atoms with E-state index in [0.29, 0.717) is 5.54 Å². The third-order valence-electron chi connectivity index (χ3n) is 3.44. The Morgan fingerprint density at radius 1 is 1.29 bits per heavy atom. The maximum atomic E-state index is 3.63. The van der Waals surface area contributed by atoms with Crippen LogP contribution in [-0.4, -0.2) is 12.1 Å². The summed E-state index contributed by atoms with van der Waals surface area (Å²) in [6.07, 6.45) is 2.54. The molecule has 1 N–H and O–H groups in total. The number of rotatable bonds is 4. The molecule has 2 atom stereocenters. The van der Waals surface area contributed by atoms with Gasteiger partial charge < -0.3 is 5.32 Å². The van der Waals surface area contributed by atoms with Crippen molar-refractivity contribution >= 4 is 0 Å². The molecule has 0 saturated heterocycles. The van der Waals surface area contributed by atoms with Gasteiger partial charge in [0.05, 0.1) is 0 Å². The Kier molecular flexibility index (Phi) is 2.60. The molecule has 0 amide bonds. The van der Waals surface area contributed by atoms with E-state index in [9.17, 15) is 0 Å². The SMILES string of the molecule is CCN[C@]1(CC)C[C@@H]1c1ccccc1. The molecule has 0 unspecified atom stereocenters. The molecule has 0 aromatic heterocycles. The average molecular weight is 189 g/mol. The summed E-state index contributed by atoms with van der Waals surface area (Å²) in [5.74, 6) is 0.744. The normalized spacial score (nSPS) is 30.3. The van der Waals surface area contributed by atoms with E-state index in [0.717, 1.165) is 12.5 Å². The highest BCUT2D eigenvalue weighted by atomic mass is 15.0. The molecular weight excluding hydrogens is 170 g/mol. The molecule has 1 aromatic carbocycles. The van der Waals surface area contributed by atoms with Crippen LogP contribution in [0.3, 0.4) is 0 Å². The molecule has 0 spiro atoms. The van der Waals surface area contributed by atoms with E-state index >= 15 is 0 Å². The second-order valence-electron chi connectivity index (χ2n) is 4.21. The van der Waals surface area contributed by atoms with Crippen molar-refractivity contribution in [1.29, 1.82) is 0 Å². The summed E-state index contributed by atoms with van der Waals surface area (Å²) in [5.41, 5.74) is 1.91. The lowest BCUT2D eigenvalue weighted by atomic mass is 10.0. The molecule has 1 fully saturated rings. The average Bonchev–Trinajstić information content (AvgIpc) is 2.95. The zero-order valence-electron chi connectivity index (χ0n) is 9.09. The molecule has 0 bridgehead atoms. The standard InChI is InChI=1S/C13H19N/c1-3-13(14-4-2)10-12(13)11-8-6-5-7-9-11/h5-9,12,14H,3-4,10H2,1-2H3/t12-,13-/m1/s1. The topological polar surface area (TPSA) is 12.0 Å². The molecule has 1 aliphatic carbocycles. The van der Waals surface area contributed by atoms with E-state index in [1.54, 1.807) is 0 Å². The first kappa shape index (κ1) is 9.72. The maximum absolute atomic E-state index is 3.63. The predicted octanol–water partition coefficient (Wildman–Crippen LogP) is 2.93. The van der Waals surface area contributed by atoms with Crippen LogP contribution in [0.1, 0.15) is 38.2 Å². The van der Waals surface area contributed by atoms with E-state index in [2.05, 4.69) is 49.5 Å². The van der Waals surface area contributed by atoms with Crippen LogP contribution in [0.15, 0.2) is 30.3 Å². The van der Waals surface area contributed by atoms with Gasteiger partial charge in [0, 0.05) is 11.5 Å². The lowest BCUT2D eigenvalue weighted by Crippen LogP contribution is -2.32. The number of benzene rings is 1. The highest BCUT2D eigenvalue weighted by Gasteiger charge is 2.52. The van der Waals surface area contributed by atoms with E-state index in [4.69, 9.17) is 0 Å². The van der Waals surface area contributed by atoms with Gasteiger partial charge in [-0.25, -0.2) is 0 Å². The van der Waals surface area contributed by atoms with E-state index in [1.165, 1.54) is 18.4 Å². The van der Waals surface area contributed by atoms with Gasteiger partial charge in [0.2, 0.25) is 0 Å². The number of hydrogen-bond donors (Lipinski definition) is 1. The molecule has 0 aliphatic heterocycles. The van der Waals surface area contributed by atoms with Crippen LogP contribution in [-0.2, 0) is 0 Å². The quantitative estimate of drug-likeness (QED) is 0.768. The Bertz CT molecular complexity index is 293. The van der Waals surface area contributed by atoms with Crippen LogP contribution in [0.2, 0.25) is 0 Å². The highest BCUT2D eigenvalue weighted by molar-refractivity contribution is 5.33. The lowest BCUT2D eigenvalue weighted by Gasteiger charge is -2.16. The Labute approximate surface area is 86.5 Å². The van der Waals surface area contributed by atoms with Gasteiger partial charge >= 0.3 is 0 Å². The maximum Gasteiger partial charge on any atom is 0.0254 e. The summed E-state index contributed by atoms with van der Waals surface area (Å²) in [6, 6.07) is 10.9. The molecular formula is C13H19N. The van der Waals surface area contributed by atoms with Crippen LogP contribution in [0.5, 0.6) is 0 Å². The summed E-state index contributed by atoms with van der Waals surface area (Å²) in [6.45, 7) is 5.56. The minimum absolute atomic E-state index is 0.413.